The number of carbonyl (C=O) groups excluding carboxylic acids is 3. The fourth-order valence-corrected chi connectivity index (χ4v) is 11.0. The standard InChI is InChI=1S/C39H56N2O6/c1-22(2)12-11-15-26(36(46)41-33(35(40)45)25-13-9-8-10-14-25)32-28-20-30(44)34-37(5)18-17-29(43)23(3)27(37)16-19-38(34,6)39(28,7)21-31(32)47-24(4)42/h8-10,12-14,23,27-31,33-34,43-44H,11,15-21H2,1-7H3,(H2,40,45)(H,41,46)/b32-26-/t23-,27-,28-,29+,30+,31-,33+,34-,37-,38-,39-/m0/s1. The number of fused-ring (bicyclic) bond motifs is 5. The molecule has 0 radical (unpaired) electrons. The molecule has 4 aliphatic carbocycles. The second-order valence-corrected chi connectivity index (χ2v) is 16.1. The summed E-state index contributed by atoms with van der Waals surface area (Å²) in [6, 6.07) is 7.94. The van der Waals surface area contributed by atoms with Gasteiger partial charge in [0.1, 0.15) is 12.1 Å². The van der Waals surface area contributed by atoms with Crippen LogP contribution in [0, 0.1) is 39.9 Å². The lowest BCUT2D eigenvalue weighted by Crippen LogP contribution is -2.65. The molecule has 2 amide bonds. The van der Waals surface area contributed by atoms with E-state index >= 15 is 0 Å². The number of ether oxygens (including phenoxy) is 1. The number of hydrogen-bond donors (Lipinski definition) is 4. The Kier molecular flexibility index (Phi) is 9.89. The van der Waals surface area contributed by atoms with Crippen LogP contribution < -0.4 is 11.1 Å². The Morgan fingerprint density at radius 2 is 1.70 bits per heavy atom. The van der Waals surface area contributed by atoms with E-state index in [1.165, 1.54) is 6.92 Å². The number of hydrogen-bond acceptors (Lipinski definition) is 6. The van der Waals surface area contributed by atoms with Crippen molar-refractivity contribution in [3.63, 3.8) is 0 Å². The van der Waals surface area contributed by atoms with Gasteiger partial charge in [0.2, 0.25) is 11.8 Å². The van der Waals surface area contributed by atoms with Gasteiger partial charge in [0, 0.05) is 12.5 Å². The maximum absolute atomic E-state index is 14.4. The zero-order chi connectivity index (χ0) is 34.5. The summed E-state index contributed by atoms with van der Waals surface area (Å²) < 4.78 is 6.10. The number of carbonyl (C=O) groups is 3. The lowest BCUT2D eigenvalue weighted by Gasteiger charge is -2.69. The van der Waals surface area contributed by atoms with E-state index < -0.39 is 36.0 Å². The van der Waals surface area contributed by atoms with Crippen LogP contribution in [-0.4, -0.2) is 46.3 Å². The van der Waals surface area contributed by atoms with Gasteiger partial charge < -0.3 is 26.0 Å². The molecule has 8 heteroatoms. The Labute approximate surface area is 280 Å². The predicted molar refractivity (Wildman–Crippen MR) is 181 cm³/mol. The number of rotatable bonds is 8. The third-order valence-electron chi connectivity index (χ3n) is 13.3. The van der Waals surface area contributed by atoms with E-state index in [-0.39, 0.29) is 40.1 Å². The predicted octanol–water partition coefficient (Wildman–Crippen LogP) is 5.92. The van der Waals surface area contributed by atoms with E-state index in [1.807, 2.05) is 19.9 Å². The zero-order valence-corrected chi connectivity index (χ0v) is 29.3. The molecule has 0 aliphatic heterocycles. The van der Waals surface area contributed by atoms with Crippen molar-refractivity contribution < 1.29 is 29.3 Å². The highest BCUT2D eigenvalue weighted by atomic mass is 16.5. The van der Waals surface area contributed by atoms with Crippen LogP contribution in [0.4, 0.5) is 0 Å². The summed E-state index contributed by atoms with van der Waals surface area (Å²) in [5.41, 5.74) is 8.01. The normalized spacial score (nSPS) is 39.4. The number of nitrogens with one attached hydrogen (secondary N) is 1. The quantitative estimate of drug-likeness (QED) is 0.157. The molecule has 11 atom stereocenters. The van der Waals surface area contributed by atoms with Crippen LogP contribution in [0.25, 0.3) is 0 Å². The van der Waals surface area contributed by atoms with Crippen molar-refractivity contribution >= 4 is 17.8 Å². The van der Waals surface area contributed by atoms with Crippen molar-refractivity contribution in [1.82, 2.24) is 5.32 Å². The van der Waals surface area contributed by atoms with Crippen molar-refractivity contribution in [2.75, 3.05) is 0 Å². The zero-order valence-electron chi connectivity index (χ0n) is 29.3. The van der Waals surface area contributed by atoms with Crippen LogP contribution in [0.15, 0.2) is 53.1 Å². The molecule has 8 nitrogen and oxygen atoms in total. The molecule has 4 fully saturated rings. The number of primary amides is 1. The van der Waals surface area contributed by atoms with Crippen molar-refractivity contribution in [2.24, 2.45) is 45.7 Å². The molecule has 0 heterocycles. The summed E-state index contributed by atoms with van der Waals surface area (Å²) in [7, 11) is 0. The highest BCUT2D eigenvalue weighted by molar-refractivity contribution is 5.98. The van der Waals surface area contributed by atoms with E-state index in [0.717, 1.165) is 36.8 Å². The molecule has 5 N–H and O–H groups in total. The van der Waals surface area contributed by atoms with E-state index in [9.17, 15) is 24.6 Å². The molecule has 4 aliphatic rings. The van der Waals surface area contributed by atoms with Crippen LogP contribution >= 0.6 is 0 Å². The van der Waals surface area contributed by atoms with Crippen LogP contribution in [0.2, 0.25) is 0 Å². The molecule has 5 rings (SSSR count). The summed E-state index contributed by atoms with van der Waals surface area (Å²) in [6.45, 7) is 14.5. The summed E-state index contributed by atoms with van der Waals surface area (Å²) in [6.07, 6.45) is 5.95. The largest absolute Gasteiger partial charge is 0.458 e. The molecular weight excluding hydrogens is 592 g/mol. The van der Waals surface area contributed by atoms with Crippen LogP contribution in [0.3, 0.4) is 0 Å². The highest BCUT2D eigenvalue weighted by Crippen LogP contribution is 2.74. The van der Waals surface area contributed by atoms with E-state index in [1.54, 1.807) is 24.3 Å². The molecule has 0 aromatic heterocycles. The van der Waals surface area contributed by atoms with Gasteiger partial charge in [0.25, 0.3) is 0 Å². The number of esters is 1. The summed E-state index contributed by atoms with van der Waals surface area (Å²) >= 11 is 0. The van der Waals surface area contributed by atoms with Crippen molar-refractivity contribution in [3.05, 3.63) is 58.7 Å². The van der Waals surface area contributed by atoms with Gasteiger partial charge in [0.15, 0.2) is 0 Å². The first-order valence-electron chi connectivity index (χ1n) is 17.6. The van der Waals surface area contributed by atoms with Crippen LogP contribution in [0.1, 0.15) is 111 Å². The lowest BCUT2D eigenvalue weighted by atomic mass is 9.36. The number of allylic oxidation sites excluding steroid dienone is 2. The average molecular weight is 649 g/mol. The molecule has 4 saturated carbocycles. The molecular formula is C39H56N2O6. The van der Waals surface area contributed by atoms with Gasteiger partial charge in [-0.05, 0) is 116 Å². The molecule has 258 valence electrons. The minimum atomic E-state index is -1.03. The average Bonchev–Trinajstić information content (AvgIpc) is 3.27. The fourth-order valence-electron chi connectivity index (χ4n) is 11.0. The second-order valence-electron chi connectivity index (χ2n) is 16.1. The maximum Gasteiger partial charge on any atom is 0.303 e. The molecule has 0 saturated heterocycles. The Morgan fingerprint density at radius 3 is 2.32 bits per heavy atom. The summed E-state index contributed by atoms with van der Waals surface area (Å²) in [5, 5.41) is 26.0. The highest BCUT2D eigenvalue weighted by Gasteiger charge is 2.70. The third-order valence-corrected chi connectivity index (χ3v) is 13.3. The smallest absolute Gasteiger partial charge is 0.303 e. The van der Waals surface area contributed by atoms with Gasteiger partial charge in [-0.1, -0.05) is 69.7 Å². The molecule has 1 aromatic carbocycles. The van der Waals surface area contributed by atoms with Crippen molar-refractivity contribution in [1.29, 1.82) is 0 Å². The first-order chi connectivity index (χ1) is 22.0. The third kappa shape index (κ3) is 6.09. The first-order valence-corrected chi connectivity index (χ1v) is 17.6. The van der Waals surface area contributed by atoms with E-state index in [0.29, 0.717) is 42.7 Å². The Balaban J connectivity index is 1.62. The number of nitrogens with two attached hydrogens (primary N) is 1. The Bertz CT molecular complexity index is 1430. The first kappa shape index (κ1) is 35.3. The van der Waals surface area contributed by atoms with Crippen LogP contribution in [0.5, 0.6) is 0 Å². The summed E-state index contributed by atoms with van der Waals surface area (Å²) in [4.78, 5) is 39.7. The molecule has 1 aromatic rings. The van der Waals surface area contributed by atoms with Gasteiger partial charge in [-0.3, -0.25) is 14.4 Å². The SMILES string of the molecule is CC(=O)O[C@H]1C[C@@]2(C)[C@@H](C[C@@H](O)[C@H]3[C@@]4(C)CC[C@@H](O)[C@@H](C)[C@@H]4CC[C@@]32C)/C1=C(\CCC=C(C)C)C(=O)N[C@@H](C(N)=O)c1ccccc1. The van der Waals surface area contributed by atoms with Crippen molar-refractivity contribution in [3.8, 4) is 0 Å². The molecule has 0 unspecified atom stereocenters. The minimum Gasteiger partial charge on any atom is -0.458 e. The number of amides is 2. The Morgan fingerprint density at radius 1 is 1.02 bits per heavy atom. The molecule has 0 spiro atoms. The number of benzene rings is 1. The van der Waals surface area contributed by atoms with Gasteiger partial charge >= 0.3 is 5.97 Å². The topological polar surface area (TPSA) is 139 Å². The van der Waals surface area contributed by atoms with Gasteiger partial charge in [0.05, 0.1) is 12.2 Å². The molecule has 47 heavy (non-hydrogen) atoms. The van der Waals surface area contributed by atoms with Crippen molar-refractivity contribution in [2.45, 2.75) is 124 Å². The van der Waals surface area contributed by atoms with E-state index in [2.05, 4.69) is 39.1 Å². The molecule has 0 bridgehead atoms. The van der Waals surface area contributed by atoms with Gasteiger partial charge in [-0.15, -0.1) is 0 Å². The maximum atomic E-state index is 14.4. The van der Waals surface area contributed by atoms with E-state index in [4.69, 9.17) is 10.5 Å². The minimum absolute atomic E-state index is 0.00236. The van der Waals surface area contributed by atoms with Crippen LogP contribution in [-0.2, 0) is 19.1 Å². The van der Waals surface area contributed by atoms with Gasteiger partial charge in [-0.25, -0.2) is 0 Å². The van der Waals surface area contributed by atoms with Gasteiger partial charge in [-0.2, -0.15) is 0 Å². The second kappa shape index (κ2) is 13.1. The summed E-state index contributed by atoms with van der Waals surface area (Å²) in [5.74, 6) is -1.19. The number of aliphatic hydroxyl groups is 2. The lowest BCUT2D eigenvalue weighted by molar-refractivity contribution is -0.234. The number of aliphatic hydroxyl groups excluding tert-OH is 2. The monoisotopic (exact) mass is 648 g/mol. The Hall–Kier alpha value is -2.97. The fraction of sp³-hybridized carbons (Fsp3) is 0.667.